The van der Waals surface area contributed by atoms with Crippen molar-refractivity contribution < 1.29 is 8.78 Å². The van der Waals surface area contributed by atoms with E-state index in [0.29, 0.717) is 55.4 Å². The van der Waals surface area contributed by atoms with Gasteiger partial charge in [-0.1, -0.05) is 12.1 Å². The van der Waals surface area contributed by atoms with Gasteiger partial charge in [-0.25, -0.2) is 18.5 Å². The molecule has 32 heavy (non-hydrogen) atoms. The topological polar surface area (TPSA) is 104 Å². The number of hydrogen-bond donors (Lipinski definition) is 3. The zero-order valence-corrected chi connectivity index (χ0v) is 17.8. The van der Waals surface area contributed by atoms with E-state index >= 15 is 0 Å². The molecule has 9 heteroatoms. The van der Waals surface area contributed by atoms with Gasteiger partial charge in [-0.3, -0.25) is 0 Å². The number of aryl methyl sites for hydroxylation is 1. The van der Waals surface area contributed by atoms with E-state index in [1.165, 1.54) is 28.9 Å². The molecule has 0 radical (unpaired) electrons. The highest BCUT2D eigenvalue weighted by Gasteiger charge is 2.16. The average Bonchev–Trinajstić information content (AvgIpc) is 3.10. The number of nitrogens with two attached hydrogens (primary N) is 1. The van der Waals surface area contributed by atoms with E-state index < -0.39 is 0 Å². The van der Waals surface area contributed by atoms with Gasteiger partial charge in [0, 0.05) is 13.1 Å². The molecule has 2 aromatic carbocycles. The maximum absolute atomic E-state index is 13.3. The Kier molecular flexibility index (Phi) is 7.75. The van der Waals surface area contributed by atoms with E-state index in [1.807, 2.05) is 13.0 Å². The van der Waals surface area contributed by atoms with Gasteiger partial charge in [0.1, 0.15) is 29.1 Å². The Labute approximate surface area is 185 Å². The van der Waals surface area contributed by atoms with Gasteiger partial charge in [0.15, 0.2) is 5.96 Å². The van der Waals surface area contributed by atoms with Crippen LogP contribution in [0.5, 0.6) is 0 Å². The van der Waals surface area contributed by atoms with E-state index in [1.54, 1.807) is 18.2 Å². The van der Waals surface area contributed by atoms with Gasteiger partial charge in [0.25, 0.3) is 0 Å². The largest absolute Gasteiger partial charge is 0.382 e. The summed E-state index contributed by atoms with van der Waals surface area (Å²) in [5, 5.41) is 20.3. The highest BCUT2D eigenvalue weighted by Crippen LogP contribution is 2.21. The van der Waals surface area contributed by atoms with Crippen LogP contribution in [0, 0.1) is 23.0 Å². The Balaban J connectivity index is 1.61. The van der Waals surface area contributed by atoms with Crippen LogP contribution in [0.15, 0.2) is 53.5 Å². The van der Waals surface area contributed by atoms with Gasteiger partial charge in [0.2, 0.25) is 0 Å². The van der Waals surface area contributed by atoms with Crippen molar-refractivity contribution in [1.29, 1.82) is 5.26 Å². The summed E-state index contributed by atoms with van der Waals surface area (Å²) in [5.41, 5.74) is 8.36. The predicted molar refractivity (Wildman–Crippen MR) is 120 cm³/mol. The van der Waals surface area contributed by atoms with Gasteiger partial charge in [0.05, 0.1) is 17.9 Å². The normalized spacial score (nSPS) is 11.2. The molecule has 0 saturated heterocycles. The zero-order chi connectivity index (χ0) is 22.9. The third-order valence-electron chi connectivity index (χ3n) is 4.71. The molecule has 0 atom stereocenters. The quantitative estimate of drug-likeness (QED) is 0.285. The second kappa shape index (κ2) is 10.9. The molecule has 0 bridgehead atoms. The fraction of sp³-hybridized carbons (Fsp3) is 0.261. The molecule has 0 aliphatic heterocycles. The Morgan fingerprint density at radius 2 is 1.94 bits per heavy atom. The Morgan fingerprint density at radius 1 is 1.16 bits per heavy atom. The van der Waals surface area contributed by atoms with Gasteiger partial charge in [-0.2, -0.15) is 10.4 Å². The molecule has 3 aromatic rings. The van der Waals surface area contributed by atoms with E-state index in [0.717, 1.165) is 5.56 Å². The van der Waals surface area contributed by atoms with Crippen LogP contribution in [0.2, 0.25) is 0 Å². The Morgan fingerprint density at radius 3 is 2.62 bits per heavy atom. The summed E-state index contributed by atoms with van der Waals surface area (Å²) in [4.78, 5) is 4.47. The molecular formula is C23H25F2N7. The summed E-state index contributed by atoms with van der Waals surface area (Å²) in [6.07, 6.45) is 1.20. The summed E-state index contributed by atoms with van der Waals surface area (Å²) < 4.78 is 28.0. The summed E-state index contributed by atoms with van der Waals surface area (Å²) in [5.74, 6) is 0.200. The molecule has 4 N–H and O–H groups in total. The van der Waals surface area contributed by atoms with Crippen molar-refractivity contribution in [1.82, 2.24) is 20.4 Å². The van der Waals surface area contributed by atoms with Crippen LogP contribution in [0.1, 0.15) is 30.2 Å². The number of guanidine groups is 1. The number of aromatic nitrogens is 2. The molecule has 0 saturated carbocycles. The van der Waals surface area contributed by atoms with Crippen LogP contribution in [-0.4, -0.2) is 28.8 Å². The lowest BCUT2D eigenvalue weighted by Crippen LogP contribution is -2.37. The van der Waals surface area contributed by atoms with Crippen molar-refractivity contribution in [2.24, 2.45) is 4.99 Å². The molecule has 166 valence electrons. The van der Waals surface area contributed by atoms with Gasteiger partial charge >= 0.3 is 0 Å². The number of halogens is 2. The number of rotatable bonds is 8. The minimum atomic E-state index is -0.359. The van der Waals surface area contributed by atoms with E-state index in [4.69, 9.17) is 5.73 Å². The summed E-state index contributed by atoms with van der Waals surface area (Å²) in [7, 11) is 0. The van der Waals surface area contributed by atoms with Crippen LogP contribution in [-0.2, 0) is 13.0 Å². The summed E-state index contributed by atoms with van der Waals surface area (Å²) >= 11 is 0. The molecule has 0 amide bonds. The number of nitrogens with one attached hydrogen (secondary N) is 2. The second-order valence-electron chi connectivity index (χ2n) is 7.06. The molecule has 7 nitrogen and oxygen atoms in total. The summed E-state index contributed by atoms with van der Waals surface area (Å²) in [6.45, 7) is 3.59. The Bertz CT molecular complexity index is 1110. The van der Waals surface area contributed by atoms with Gasteiger partial charge in [-0.15, -0.1) is 0 Å². The standard InChI is InChI=1S/C23H25F2N7/c1-2-28-23(30-15-16-5-3-6-18(25)13-16)29-12-4-7-21-20(14-26)22(27)32(31-21)19-10-8-17(24)9-11-19/h3,5-6,8-11,13H,2,4,7,12,15,27H2,1H3,(H2,28,29,30). The molecule has 0 unspecified atom stereocenters. The minimum absolute atomic E-state index is 0.229. The number of benzene rings is 2. The van der Waals surface area contributed by atoms with Crippen molar-refractivity contribution in [3.05, 3.63) is 77.0 Å². The molecular weight excluding hydrogens is 412 g/mol. The van der Waals surface area contributed by atoms with E-state index in [9.17, 15) is 14.0 Å². The van der Waals surface area contributed by atoms with E-state index in [2.05, 4.69) is 26.8 Å². The number of aliphatic imine (C=N–C) groups is 1. The van der Waals surface area contributed by atoms with Crippen molar-refractivity contribution in [3.63, 3.8) is 0 Å². The lowest BCUT2D eigenvalue weighted by atomic mass is 10.1. The fourth-order valence-electron chi connectivity index (χ4n) is 3.16. The molecule has 0 aliphatic carbocycles. The van der Waals surface area contributed by atoms with Gasteiger partial charge < -0.3 is 16.4 Å². The first-order valence-corrected chi connectivity index (χ1v) is 10.3. The number of nitriles is 1. The van der Waals surface area contributed by atoms with Crippen molar-refractivity contribution in [2.45, 2.75) is 26.3 Å². The first-order chi connectivity index (χ1) is 15.5. The smallest absolute Gasteiger partial charge is 0.191 e. The van der Waals surface area contributed by atoms with Crippen LogP contribution in [0.3, 0.4) is 0 Å². The SMILES string of the molecule is CCNC(=NCc1cccc(F)c1)NCCCc1nn(-c2ccc(F)cc2)c(N)c1C#N. The zero-order valence-electron chi connectivity index (χ0n) is 17.8. The third-order valence-corrected chi connectivity index (χ3v) is 4.71. The second-order valence-corrected chi connectivity index (χ2v) is 7.06. The molecule has 1 aromatic heterocycles. The molecule has 3 rings (SSSR count). The number of nitrogens with zero attached hydrogens (tertiary/aromatic N) is 4. The lowest BCUT2D eigenvalue weighted by molar-refractivity contribution is 0.625. The highest BCUT2D eigenvalue weighted by atomic mass is 19.1. The number of hydrogen-bond acceptors (Lipinski definition) is 4. The Hall–Kier alpha value is -3.93. The molecule has 0 fully saturated rings. The maximum Gasteiger partial charge on any atom is 0.191 e. The minimum Gasteiger partial charge on any atom is -0.382 e. The maximum atomic E-state index is 13.3. The first-order valence-electron chi connectivity index (χ1n) is 10.3. The summed E-state index contributed by atoms with van der Waals surface area (Å²) in [6, 6.07) is 14.2. The van der Waals surface area contributed by atoms with Crippen molar-refractivity contribution in [2.75, 3.05) is 18.8 Å². The molecule has 0 aliphatic rings. The predicted octanol–water partition coefficient (Wildman–Crippen LogP) is 3.29. The van der Waals surface area contributed by atoms with Gasteiger partial charge in [-0.05, 0) is 61.7 Å². The number of anilines is 1. The molecule has 1 heterocycles. The average molecular weight is 437 g/mol. The third kappa shape index (κ3) is 5.82. The van der Waals surface area contributed by atoms with Crippen molar-refractivity contribution >= 4 is 11.8 Å². The highest BCUT2D eigenvalue weighted by molar-refractivity contribution is 5.79. The van der Waals surface area contributed by atoms with Crippen molar-refractivity contribution in [3.8, 4) is 11.8 Å². The monoisotopic (exact) mass is 437 g/mol. The number of nitrogen functional groups attached to an aromatic ring is 1. The van der Waals surface area contributed by atoms with Crippen LogP contribution >= 0.6 is 0 Å². The van der Waals surface area contributed by atoms with Crippen LogP contribution in [0.25, 0.3) is 5.69 Å². The fourth-order valence-corrected chi connectivity index (χ4v) is 3.16. The van der Waals surface area contributed by atoms with Crippen LogP contribution < -0.4 is 16.4 Å². The molecule has 0 spiro atoms. The van der Waals surface area contributed by atoms with E-state index in [-0.39, 0.29) is 17.5 Å². The van der Waals surface area contributed by atoms with Crippen LogP contribution in [0.4, 0.5) is 14.6 Å². The lowest BCUT2D eigenvalue weighted by Gasteiger charge is -2.11. The first kappa shape index (κ1) is 22.7.